The first kappa shape index (κ1) is 19.7. The molecule has 0 saturated heterocycles. The van der Waals surface area contributed by atoms with Gasteiger partial charge in [0, 0.05) is 11.9 Å². The van der Waals surface area contributed by atoms with Gasteiger partial charge in [-0.25, -0.2) is 0 Å². The van der Waals surface area contributed by atoms with Crippen molar-refractivity contribution in [2.75, 3.05) is 11.1 Å². The van der Waals surface area contributed by atoms with E-state index in [1.165, 1.54) is 18.4 Å². The van der Waals surface area contributed by atoms with Crippen molar-refractivity contribution in [1.29, 1.82) is 5.26 Å². The number of thioether (sulfide) groups is 1. The maximum absolute atomic E-state index is 12.7. The monoisotopic (exact) mass is 415 g/mol. The normalized spacial score (nSPS) is 14.3. The minimum Gasteiger partial charge on any atom is -0.316 e. The molecule has 0 spiro atoms. The van der Waals surface area contributed by atoms with E-state index in [-0.39, 0.29) is 10.9 Å². The van der Waals surface area contributed by atoms with Crippen molar-refractivity contribution in [3.05, 3.63) is 21.8 Å². The lowest BCUT2D eigenvalue weighted by atomic mass is 10.1. The van der Waals surface area contributed by atoms with Crippen molar-refractivity contribution in [1.82, 2.24) is 14.8 Å². The Balaban J connectivity index is 1.67. The van der Waals surface area contributed by atoms with Gasteiger partial charge in [0.1, 0.15) is 11.1 Å². The summed E-state index contributed by atoms with van der Waals surface area (Å²) >= 11 is 2.28. The Morgan fingerprint density at radius 1 is 1.33 bits per heavy atom. The molecule has 1 amide bonds. The zero-order chi connectivity index (χ0) is 19.6. The van der Waals surface area contributed by atoms with Crippen molar-refractivity contribution in [3.8, 4) is 6.07 Å². The molecule has 0 atom stereocenters. The van der Waals surface area contributed by atoms with Crippen LogP contribution in [0.15, 0.2) is 5.16 Å². The highest BCUT2D eigenvalue weighted by Crippen LogP contribution is 2.37. The van der Waals surface area contributed by atoms with Gasteiger partial charge in [-0.3, -0.25) is 4.79 Å². The summed E-state index contributed by atoms with van der Waals surface area (Å²) in [6, 6.07) is 2.18. The molecule has 0 bridgehead atoms. The van der Waals surface area contributed by atoms with Crippen LogP contribution < -0.4 is 5.32 Å². The van der Waals surface area contributed by atoms with Crippen molar-refractivity contribution < 1.29 is 18.0 Å². The fraction of sp³-hybridized carbons (Fsp3) is 0.500. The van der Waals surface area contributed by atoms with Crippen LogP contribution in [-0.4, -0.2) is 26.4 Å². The second-order valence-corrected chi connectivity index (χ2v) is 8.13. The minimum absolute atomic E-state index is 0.0000525. The van der Waals surface area contributed by atoms with E-state index in [0.29, 0.717) is 10.6 Å². The zero-order valence-corrected chi connectivity index (χ0v) is 16.0. The number of carbonyl (C=O) groups excluding carboxylic acids is 1. The molecule has 1 aliphatic rings. The summed E-state index contributed by atoms with van der Waals surface area (Å²) in [6.45, 7) is 0. The number of thiophene rings is 1. The number of amides is 1. The lowest BCUT2D eigenvalue weighted by Crippen LogP contribution is -2.15. The molecule has 144 valence electrons. The molecule has 3 rings (SSSR count). The third kappa shape index (κ3) is 4.27. The number of aryl methyl sites for hydroxylation is 1. The van der Waals surface area contributed by atoms with Crippen LogP contribution in [-0.2, 0) is 30.9 Å². The van der Waals surface area contributed by atoms with Crippen molar-refractivity contribution in [2.24, 2.45) is 7.05 Å². The largest absolute Gasteiger partial charge is 0.451 e. The van der Waals surface area contributed by atoms with E-state index in [1.54, 1.807) is 0 Å². The molecule has 6 nitrogen and oxygen atoms in total. The van der Waals surface area contributed by atoms with Gasteiger partial charge in [-0.2, -0.15) is 18.4 Å². The topological polar surface area (TPSA) is 83.6 Å². The van der Waals surface area contributed by atoms with E-state index >= 15 is 0 Å². The number of anilines is 1. The zero-order valence-electron chi connectivity index (χ0n) is 14.4. The predicted octanol–water partition coefficient (Wildman–Crippen LogP) is 3.77. The molecule has 2 aromatic heterocycles. The quantitative estimate of drug-likeness (QED) is 0.607. The van der Waals surface area contributed by atoms with Gasteiger partial charge in [0.2, 0.25) is 11.7 Å². The maximum Gasteiger partial charge on any atom is 0.451 e. The summed E-state index contributed by atoms with van der Waals surface area (Å²) in [7, 11) is 1.20. The second kappa shape index (κ2) is 7.90. The predicted molar refractivity (Wildman–Crippen MR) is 95.7 cm³/mol. The smallest absolute Gasteiger partial charge is 0.316 e. The summed E-state index contributed by atoms with van der Waals surface area (Å²) in [5, 5.41) is 19.3. The number of hydrogen-bond donors (Lipinski definition) is 1. The molecule has 2 heterocycles. The lowest BCUT2D eigenvalue weighted by molar-refractivity contribution is -0.147. The van der Waals surface area contributed by atoms with Gasteiger partial charge in [0.15, 0.2) is 5.16 Å². The van der Waals surface area contributed by atoms with Crippen LogP contribution >= 0.6 is 23.1 Å². The van der Waals surface area contributed by atoms with Gasteiger partial charge in [-0.15, -0.1) is 21.5 Å². The van der Waals surface area contributed by atoms with Crippen LogP contribution in [0.3, 0.4) is 0 Å². The molecule has 27 heavy (non-hydrogen) atoms. The van der Waals surface area contributed by atoms with Gasteiger partial charge in [-0.1, -0.05) is 18.2 Å². The number of alkyl halides is 3. The van der Waals surface area contributed by atoms with E-state index in [0.717, 1.165) is 58.9 Å². The number of nitrogens with one attached hydrogen (secondary N) is 1. The fourth-order valence-electron chi connectivity index (χ4n) is 2.93. The third-order valence-electron chi connectivity index (χ3n) is 4.21. The number of rotatable bonds is 4. The van der Waals surface area contributed by atoms with E-state index in [9.17, 15) is 23.2 Å². The first-order chi connectivity index (χ1) is 12.8. The number of halogens is 3. The molecule has 2 aromatic rings. The number of aromatic nitrogens is 3. The summed E-state index contributed by atoms with van der Waals surface area (Å²) < 4.78 is 39.0. The number of fused-ring (bicyclic) bond motifs is 1. The first-order valence-electron chi connectivity index (χ1n) is 8.25. The Kier molecular flexibility index (Phi) is 5.76. The fourth-order valence-corrected chi connectivity index (χ4v) is 4.90. The first-order valence-corrected chi connectivity index (χ1v) is 10.1. The molecule has 0 fully saturated rings. The van der Waals surface area contributed by atoms with E-state index in [4.69, 9.17) is 0 Å². The molecule has 11 heteroatoms. The lowest BCUT2D eigenvalue weighted by Gasteiger charge is -2.06. The highest BCUT2D eigenvalue weighted by atomic mass is 32.2. The molecular weight excluding hydrogens is 399 g/mol. The maximum atomic E-state index is 12.7. The minimum atomic E-state index is -4.60. The summed E-state index contributed by atoms with van der Waals surface area (Å²) in [5.41, 5.74) is 1.53. The number of hydrogen-bond acceptors (Lipinski definition) is 6. The van der Waals surface area contributed by atoms with Crippen molar-refractivity contribution in [2.45, 2.75) is 43.4 Å². The Bertz CT molecular complexity index is 897. The number of nitrogens with zero attached hydrogens (tertiary/aromatic N) is 4. The molecule has 0 saturated carbocycles. The van der Waals surface area contributed by atoms with E-state index in [1.807, 2.05) is 0 Å². The van der Waals surface area contributed by atoms with Crippen LogP contribution in [0.25, 0.3) is 0 Å². The highest BCUT2D eigenvalue weighted by molar-refractivity contribution is 7.99. The summed E-state index contributed by atoms with van der Waals surface area (Å²) in [5.74, 6) is -1.64. The van der Waals surface area contributed by atoms with Crippen molar-refractivity contribution in [3.63, 3.8) is 0 Å². The molecule has 0 radical (unpaired) electrons. The standard InChI is InChI=1S/C16H16F3N5OS2/c1-24-14(16(17,18)19)22-23-15(24)26-8-12(25)21-13-10(7-20)9-5-3-2-4-6-11(9)27-13/h2-6,8H2,1H3,(H,21,25). The Hall–Kier alpha value is -2.06. The molecule has 1 aliphatic carbocycles. The Labute approximate surface area is 161 Å². The van der Waals surface area contributed by atoms with Gasteiger partial charge >= 0.3 is 6.18 Å². The van der Waals surface area contributed by atoms with E-state index in [2.05, 4.69) is 21.6 Å². The highest BCUT2D eigenvalue weighted by Gasteiger charge is 2.37. The van der Waals surface area contributed by atoms with Crippen LogP contribution in [0.2, 0.25) is 0 Å². The molecule has 0 aliphatic heterocycles. The van der Waals surface area contributed by atoms with Gasteiger partial charge in [0.05, 0.1) is 11.3 Å². The molecular formula is C16H16F3N5OS2. The van der Waals surface area contributed by atoms with Crippen LogP contribution in [0.1, 0.15) is 41.1 Å². The molecule has 0 unspecified atom stereocenters. The van der Waals surface area contributed by atoms with Crippen LogP contribution in [0.4, 0.5) is 18.2 Å². The Morgan fingerprint density at radius 2 is 2.07 bits per heavy atom. The van der Waals surface area contributed by atoms with Crippen LogP contribution in [0.5, 0.6) is 0 Å². The van der Waals surface area contributed by atoms with Crippen molar-refractivity contribution >= 4 is 34.0 Å². The summed E-state index contributed by atoms with van der Waals surface area (Å²) in [6.07, 6.45) is 0.350. The average molecular weight is 415 g/mol. The van der Waals surface area contributed by atoms with Crippen LogP contribution in [0, 0.1) is 11.3 Å². The van der Waals surface area contributed by atoms with Gasteiger partial charge < -0.3 is 9.88 Å². The summed E-state index contributed by atoms with van der Waals surface area (Å²) in [4.78, 5) is 13.4. The number of carbonyl (C=O) groups is 1. The molecule has 0 aromatic carbocycles. The van der Waals surface area contributed by atoms with Gasteiger partial charge in [-0.05, 0) is 31.2 Å². The van der Waals surface area contributed by atoms with E-state index < -0.39 is 17.9 Å². The number of nitriles is 1. The second-order valence-electron chi connectivity index (χ2n) is 6.08. The third-order valence-corrected chi connectivity index (χ3v) is 6.43. The van der Waals surface area contributed by atoms with Gasteiger partial charge in [0.25, 0.3) is 0 Å². The Morgan fingerprint density at radius 3 is 2.74 bits per heavy atom. The average Bonchev–Trinajstić information content (AvgIpc) is 3.04. The SMILES string of the molecule is Cn1c(SCC(=O)Nc2sc3c(c2C#N)CCCCC3)nnc1C(F)(F)F. The molecule has 1 N–H and O–H groups in total.